The molecule has 0 unspecified atom stereocenters. The zero-order valence-corrected chi connectivity index (χ0v) is 14.7. The van der Waals surface area contributed by atoms with Gasteiger partial charge in [0.15, 0.2) is 21.6 Å². The fourth-order valence-electron chi connectivity index (χ4n) is 2.80. The number of fused-ring (bicyclic) bond motifs is 2. The lowest BCUT2D eigenvalue weighted by Gasteiger charge is -2.06. The Balaban J connectivity index is 1.34. The van der Waals surface area contributed by atoms with Crippen LogP contribution in [0.1, 0.15) is 19.3 Å². The van der Waals surface area contributed by atoms with E-state index < -0.39 is 0 Å². The van der Waals surface area contributed by atoms with Gasteiger partial charge in [-0.15, -0.1) is 0 Å². The van der Waals surface area contributed by atoms with Gasteiger partial charge < -0.3 is 9.13 Å². The molecule has 0 atom stereocenters. The minimum atomic E-state index is 0.384. The van der Waals surface area contributed by atoms with Gasteiger partial charge in [-0.05, 0) is 19.3 Å². The summed E-state index contributed by atoms with van der Waals surface area (Å²) in [6.45, 7) is 1.65. The smallest absolute Gasteiger partial charge is 0.182 e. The highest BCUT2D eigenvalue weighted by molar-refractivity contribution is 6.33. The molecule has 4 aromatic rings. The van der Waals surface area contributed by atoms with Crippen LogP contribution in [0.4, 0.5) is 0 Å². The summed E-state index contributed by atoms with van der Waals surface area (Å²) < 4.78 is 4.00. The van der Waals surface area contributed by atoms with Crippen LogP contribution in [0.2, 0.25) is 10.3 Å². The van der Waals surface area contributed by atoms with E-state index in [9.17, 15) is 0 Å². The van der Waals surface area contributed by atoms with E-state index in [1.807, 2.05) is 9.13 Å². The van der Waals surface area contributed by atoms with Crippen LogP contribution >= 0.6 is 23.2 Å². The first kappa shape index (κ1) is 16.2. The van der Waals surface area contributed by atoms with Gasteiger partial charge in [0, 0.05) is 13.1 Å². The van der Waals surface area contributed by atoms with Gasteiger partial charge in [-0.2, -0.15) is 0 Å². The monoisotopic (exact) mass is 376 g/mol. The Morgan fingerprint density at radius 2 is 1.44 bits per heavy atom. The number of rotatable bonds is 6. The van der Waals surface area contributed by atoms with Crippen molar-refractivity contribution in [2.45, 2.75) is 32.4 Å². The summed E-state index contributed by atoms with van der Waals surface area (Å²) >= 11 is 12.1. The molecule has 4 rings (SSSR count). The van der Waals surface area contributed by atoms with Crippen molar-refractivity contribution in [3.05, 3.63) is 35.6 Å². The maximum Gasteiger partial charge on any atom is 0.182 e. The van der Waals surface area contributed by atoms with Gasteiger partial charge in [-0.1, -0.05) is 23.2 Å². The van der Waals surface area contributed by atoms with Crippen LogP contribution in [0.15, 0.2) is 25.3 Å². The molecular weight excluding hydrogens is 363 g/mol. The fraction of sp³-hybridized carbons (Fsp3) is 0.333. The molecule has 10 heteroatoms. The molecule has 8 nitrogen and oxygen atoms in total. The molecule has 128 valence electrons. The van der Waals surface area contributed by atoms with Crippen LogP contribution in [0, 0.1) is 0 Å². The van der Waals surface area contributed by atoms with E-state index >= 15 is 0 Å². The number of imidazole rings is 2. The van der Waals surface area contributed by atoms with Crippen molar-refractivity contribution in [1.29, 1.82) is 0 Å². The maximum atomic E-state index is 6.13. The Labute approximate surface area is 152 Å². The number of hydrogen-bond donors (Lipinski definition) is 0. The minimum absolute atomic E-state index is 0.384. The van der Waals surface area contributed by atoms with Gasteiger partial charge in [0.2, 0.25) is 0 Å². The second-order valence-electron chi connectivity index (χ2n) is 5.61. The van der Waals surface area contributed by atoms with Gasteiger partial charge >= 0.3 is 0 Å². The van der Waals surface area contributed by atoms with E-state index in [-0.39, 0.29) is 0 Å². The van der Waals surface area contributed by atoms with Crippen molar-refractivity contribution in [1.82, 2.24) is 39.0 Å². The molecular formula is C15H14Cl2N8. The molecule has 0 fully saturated rings. The molecule has 25 heavy (non-hydrogen) atoms. The van der Waals surface area contributed by atoms with Gasteiger partial charge in [-0.25, -0.2) is 29.9 Å². The minimum Gasteiger partial charge on any atom is -0.327 e. The lowest BCUT2D eigenvalue weighted by atomic mass is 10.2. The Kier molecular flexibility index (Phi) is 4.46. The van der Waals surface area contributed by atoms with Gasteiger partial charge in [0.1, 0.15) is 23.7 Å². The Morgan fingerprint density at radius 1 is 0.720 bits per heavy atom. The molecule has 0 saturated carbocycles. The SMILES string of the molecule is Clc1ncnc2c1ncn2CCCCCn1cnc2ncnc(Cl)c21. The first-order valence-corrected chi connectivity index (χ1v) is 8.62. The number of aryl methyl sites for hydroxylation is 2. The fourth-order valence-corrected chi connectivity index (χ4v) is 3.21. The highest BCUT2D eigenvalue weighted by Gasteiger charge is 2.09. The third-order valence-electron chi connectivity index (χ3n) is 4.02. The Morgan fingerprint density at radius 3 is 2.32 bits per heavy atom. The second kappa shape index (κ2) is 6.89. The molecule has 0 bridgehead atoms. The molecule has 4 heterocycles. The van der Waals surface area contributed by atoms with Crippen molar-refractivity contribution in [3.8, 4) is 0 Å². The lowest BCUT2D eigenvalue weighted by molar-refractivity contribution is 0.554. The predicted molar refractivity (Wildman–Crippen MR) is 94.5 cm³/mol. The summed E-state index contributed by atoms with van der Waals surface area (Å²) in [4.78, 5) is 24.8. The van der Waals surface area contributed by atoms with Crippen molar-refractivity contribution < 1.29 is 0 Å². The van der Waals surface area contributed by atoms with Crippen molar-refractivity contribution in [3.63, 3.8) is 0 Å². The number of unbranched alkanes of at least 4 members (excludes halogenated alkanes) is 2. The third kappa shape index (κ3) is 3.14. The maximum absolute atomic E-state index is 6.13. The molecule has 0 aliphatic rings. The summed E-state index contributed by atoms with van der Waals surface area (Å²) in [6.07, 6.45) is 9.44. The van der Waals surface area contributed by atoms with Crippen molar-refractivity contribution in [2.75, 3.05) is 0 Å². The Hall–Kier alpha value is -2.32. The normalized spacial score (nSPS) is 11.6. The Bertz CT molecular complexity index is 1020. The van der Waals surface area contributed by atoms with Crippen molar-refractivity contribution in [2.24, 2.45) is 0 Å². The number of aromatic nitrogens is 8. The molecule has 0 N–H and O–H groups in total. The number of nitrogens with zero attached hydrogens (tertiary/aromatic N) is 8. The average molecular weight is 377 g/mol. The molecule has 0 aliphatic heterocycles. The van der Waals surface area contributed by atoms with Gasteiger partial charge in [0.05, 0.1) is 12.7 Å². The van der Waals surface area contributed by atoms with Crippen LogP contribution < -0.4 is 0 Å². The largest absolute Gasteiger partial charge is 0.327 e. The summed E-state index contributed by atoms with van der Waals surface area (Å²) in [5.41, 5.74) is 2.82. The zero-order chi connectivity index (χ0) is 17.2. The molecule has 0 amide bonds. The number of halogens is 2. The van der Waals surface area contributed by atoms with E-state index in [2.05, 4.69) is 29.9 Å². The van der Waals surface area contributed by atoms with Crippen LogP contribution in [0.5, 0.6) is 0 Å². The first-order chi connectivity index (χ1) is 12.2. The van der Waals surface area contributed by atoms with Crippen LogP contribution in [-0.2, 0) is 13.1 Å². The van der Waals surface area contributed by atoms with Crippen LogP contribution in [0.25, 0.3) is 22.3 Å². The molecule has 0 saturated heterocycles. The highest BCUT2D eigenvalue weighted by Crippen LogP contribution is 2.19. The van der Waals surface area contributed by atoms with Gasteiger partial charge in [-0.3, -0.25) is 0 Å². The van der Waals surface area contributed by atoms with Crippen molar-refractivity contribution >= 4 is 45.5 Å². The summed E-state index contributed by atoms with van der Waals surface area (Å²) in [5.74, 6) is 0. The van der Waals surface area contributed by atoms with Crippen LogP contribution in [-0.4, -0.2) is 39.0 Å². The second-order valence-corrected chi connectivity index (χ2v) is 6.33. The van der Waals surface area contributed by atoms with Crippen LogP contribution in [0.3, 0.4) is 0 Å². The summed E-state index contributed by atoms with van der Waals surface area (Å²) in [5, 5.41) is 0.818. The standard InChI is InChI=1S/C15H14Cl2N8/c16-12-10-15(21-7-18-12)25(8-22-10)5-3-1-2-4-24-9-23-14-11(24)13(17)19-6-20-14/h6-9H,1-5H2. The molecule has 0 aliphatic carbocycles. The predicted octanol–water partition coefficient (Wildman–Crippen LogP) is 3.14. The summed E-state index contributed by atoms with van der Waals surface area (Å²) in [6, 6.07) is 0. The summed E-state index contributed by atoms with van der Waals surface area (Å²) in [7, 11) is 0. The molecule has 0 radical (unpaired) electrons. The first-order valence-electron chi connectivity index (χ1n) is 7.86. The molecule has 0 spiro atoms. The van der Waals surface area contributed by atoms with E-state index in [1.54, 1.807) is 12.7 Å². The lowest BCUT2D eigenvalue weighted by Crippen LogP contribution is -2.01. The van der Waals surface area contributed by atoms with E-state index in [1.165, 1.54) is 12.7 Å². The third-order valence-corrected chi connectivity index (χ3v) is 4.57. The molecule has 4 aromatic heterocycles. The zero-order valence-electron chi connectivity index (χ0n) is 13.2. The van der Waals surface area contributed by atoms with E-state index in [0.29, 0.717) is 21.5 Å². The quantitative estimate of drug-likeness (QED) is 0.379. The van der Waals surface area contributed by atoms with E-state index in [4.69, 9.17) is 23.2 Å². The van der Waals surface area contributed by atoms with Gasteiger partial charge in [0.25, 0.3) is 0 Å². The van der Waals surface area contributed by atoms with E-state index in [0.717, 1.165) is 43.5 Å². The highest BCUT2D eigenvalue weighted by atomic mass is 35.5. The molecule has 0 aromatic carbocycles. The number of hydrogen-bond acceptors (Lipinski definition) is 6. The average Bonchev–Trinajstić information content (AvgIpc) is 3.21. The topological polar surface area (TPSA) is 87.2 Å².